The number of hydrogen-bond donors (Lipinski definition) is 0. The molecule has 5 unspecified atom stereocenters. The van der Waals surface area contributed by atoms with Crippen molar-refractivity contribution in [3.05, 3.63) is 11.6 Å². The van der Waals surface area contributed by atoms with Crippen LogP contribution >= 0.6 is 8.03 Å². The van der Waals surface area contributed by atoms with Gasteiger partial charge in [-0.25, -0.2) is 0 Å². The molecule has 0 bridgehead atoms. The van der Waals surface area contributed by atoms with E-state index < -0.39 is 8.03 Å². The summed E-state index contributed by atoms with van der Waals surface area (Å²) >= 11 is 0. The summed E-state index contributed by atoms with van der Waals surface area (Å²) in [7, 11) is 4.54. The number of rotatable bonds is 10. The third-order valence-corrected chi connectivity index (χ3v) is 13.3. The van der Waals surface area contributed by atoms with Gasteiger partial charge in [0.2, 0.25) is 0 Å². The van der Waals surface area contributed by atoms with Crippen LogP contribution in [0.1, 0.15) is 105 Å². The number of hydrogen-bond acceptors (Lipinski definition) is 2. The zero-order valence-electron chi connectivity index (χ0n) is 25.1. The minimum atomic E-state index is -1.97. The molecule has 4 heteroatoms. The lowest BCUT2D eigenvalue weighted by Gasteiger charge is -2.58. The standard InChI is InChI=1S/C32H59NO2P/c1-23(2)10-9-11-24(3)28-14-15-29-27-13-12-25-22-26(36(34)35-21-20-33(6,7)8)16-18-31(25,4)30(27)17-19-32(28,29)5/h12,23-24,26-30,36H,9-11,13-22H2,1-8H3/q+1/t24-,26?,27?,28-,29?,30?,31+,32-/m1/s1. The Morgan fingerprint density at radius 3 is 2.47 bits per heavy atom. The fourth-order valence-electron chi connectivity index (χ4n) is 9.42. The summed E-state index contributed by atoms with van der Waals surface area (Å²) in [4.78, 5) is 0. The highest BCUT2D eigenvalue weighted by Gasteiger charge is 2.59. The van der Waals surface area contributed by atoms with E-state index in [1.807, 2.05) is 0 Å². The van der Waals surface area contributed by atoms with Gasteiger partial charge in [0.1, 0.15) is 13.2 Å². The molecule has 9 atom stereocenters. The Bertz CT molecular complexity index is 815. The quantitative estimate of drug-likeness (QED) is 0.164. The highest BCUT2D eigenvalue weighted by atomic mass is 31.1. The molecule has 3 nitrogen and oxygen atoms in total. The van der Waals surface area contributed by atoms with Crippen molar-refractivity contribution in [3.8, 4) is 0 Å². The van der Waals surface area contributed by atoms with Crippen molar-refractivity contribution in [3.63, 3.8) is 0 Å². The van der Waals surface area contributed by atoms with E-state index in [2.05, 4.69) is 61.8 Å². The third-order valence-electron chi connectivity index (χ3n) is 11.6. The van der Waals surface area contributed by atoms with Crippen molar-refractivity contribution in [1.29, 1.82) is 0 Å². The van der Waals surface area contributed by atoms with Crippen molar-refractivity contribution >= 4 is 8.03 Å². The lowest BCUT2D eigenvalue weighted by molar-refractivity contribution is -0.870. The molecular weight excluding hydrogens is 461 g/mol. The van der Waals surface area contributed by atoms with Crippen molar-refractivity contribution in [1.82, 2.24) is 0 Å². The summed E-state index contributed by atoms with van der Waals surface area (Å²) in [5.74, 6) is 5.28. The summed E-state index contributed by atoms with van der Waals surface area (Å²) < 4.78 is 19.9. The highest BCUT2D eigenvalue weighted by Crippen LogP contribution is 2.68. The average Bonchev–Trinajstić information content (AvgIpc) is 3.14. The summed E-state index contributed by atoms with van der Waals surface area (Å²) in [5, 5.41) is 0. The van der Waals surface area contributed by atoms with E-state index in [9.17, 15) is 4.57 Å². The van der Waals surface area contributed by atoms with Crippen LogP contribution in [0.25, 0.3) is 0 Å². The number of quaternary nitrogens is 1. The SMILES string of the molecule is CC(C)CCC[C@@H](C)[C@H]1CCC2C3CC=C4CC([PH](=O)OCC[N+](C)(C)C)CC[C@]4(C)C3CC[C@@]21C. The first-order valence-corrected chi connectivity index (χ1v) is 16.9. The van der Waals surface area contributed by atoms with Crippen LogP contribution in [0.3, 0.4) is 0 Å². The minimum Gasteiger partial charge on any atom is -0.329 e. The zero-order chi connectivity index (χ0) is 26.3. The fourth-order valence-corrected chi connectivity index (χ4v) is 10.7. The molecule has 0 saturated heterocycles. The van der Waals surface area contributed by atoms with Crippen LogP contribution in [-0.4, -0.2) is 44.4 Å². The minimum absolute atomic E-state index is 0.259. The van der Waals surface area contributed by atoms with Crippen LogP contribution in [0, 0.1) is 46.3 Å². The van der Waals surface area contributed by atoms with Gasteiger partial charge in [-0.1, -0.05) is 65.5 Å². The second-order valence-electron chi connectivity index (χ2n) is 15.4. The van der Waals surface area contributed by atoms with Crippen molar-refractivity contribution < 1.29 is 13.6 Å². The predicted octanol–water partition coefficient (Wildman–Crippen LogP) is 8.59. The lowest BCUT2D eigenvalue weighted by atomic mass is 9.47. The van der Waals surface area contributed by atoms with E-state index in [-0.39, 0.29) is 5.66 Å². The zero-order valence-corrected chi connectivity index (χ0v) is 26.1. The predicted molar refractivity (Wildman–Crippen MR) is 155 cm³/mol. The van der Waals surface area contributed by atoms with E-state index in [0.717, 1.165) is 59.4 Å². The van der Waals surface area contributed by atoms with Crippen LogP contribution in [0.15, 0.2) is 11.6 Å². The molecule has 0 aromatic carbocycles. The lowest BCUT2D eigenvalue weighted by Crippen LogP contribution is -2.50. The Hall–Kier alpha value is -0.110. The molecule has 0 amide bonds. The number of fused-ring (bicyclic) bond motifs is 5. The topological polar surface area (TPSA) is 26.3 Å². The van der Waals surface area contributed by atoms with E-state index in [1.165, 1.54) is 57.8 Å². The van der Waals surface area contributed by atoms with Gasteiger partial charge >= 0.3 is 0 Å². The molecule has 208 valence electrons. The number of nitrogens with zero attached hydrogens (tertiary/aromatic N) is 1. The van der Waals surface area contributed by atoms with Gasteiger partial charge in [-0.15, -0.1) is 0 Å². The van der Waals surface area contributed by atoms with Crippen LogP contribution in [0.5, 0.6) is 0 Å². The van der Waals surface area contributed by atoms with Gasteiger partial charge in [0.05, 0.1) is 21.1 Å². The van der Waals surface area contributed by atoms with Crippen molar-refractivity contribution in [2.75, 3.05) is 34.3 Å². The largest absolute Gasteiger partial charge is 0.329 e. The molecule has 0 aliphatic heterocycles. The number of likely N-dealkylation sites (N-methyl/N-ethyl adjacent to an activating group) is 1. The molecule has 4 aliphatic carbocycles. The maximum atomic E-state index is 13.1. The third kappa shape index (κ3) is 5.89. The Kier molecular flexibility index (Phi) is 8.96. The molecule has 0 spiro atoms. The first kappa shape index (κ1) is 28.9. The summed E-state index contributed by atoms with van der Waals surface area (Å²) in [5.41, 5.74) is 2.80. The summed E-state index contributed by atoms with van der Waals surface area (Å²) in [6.45, 7) is 14.2. The van der Waals surface area contributed by atoms with Gasteiger partial charge in [-0.05, 0) is 97.7 Å². The van der Waals surface area contributed by atoms with Crippen LogP contribution in [0.4, 0.5) is 0 Å². The molecule has 3 fully saturated rings. The van der Waals surface area contributed by atoms with Gasteiger partial charge in [-0.2, -0.15) is 0 Å². The van der Waals surface area contributed by atoms with Gasteiger partial charge in [0.15, 0.2) is 8.03 Å². The van der Waals surface area contributed by atoms with Crippen molar-refractivity contribution in [2.45, 2.75) is 111 Å². The molecular formula is C32H59NO2P+. The molecule has 0 N–H and O–H groups in total. The Morgan fingerprint density at radius 1 is 1.03 bits per heavy atom. The molecule has 36 heavy (non-hydrogen) atoms. The van der Waals surface area contributed by atoms with E-state index in [1.54, 1.807) is 5.57 Å². The smallest absolute Gasteiger partial charge is 0.195 e. The van der Waals surface area contributed by atoms with Crippen LogP contribution in [-0.2, 0) is 9.09 Å². The molecule has 0 aromatic rings. The second kappa shape index (κ2) is 11.2. The summed E-state index contributed by atoms with van der Waals surface area (Å²) in [6, 6.07) is 0. The average molecular weight is 521 g/mol. The van der Waals surface area contributed by atoms with Crippen LogP contribution in [0.2, 0.25) is 0 Å². The molecule has 0 aromatic heterocycles. The van der Waals surface area contributed by atoms with Crippen molar-refractivity contribution in [2.24, 2.45) is 46.3 Å². The normalized spacial score (nSPS) is 40.2. The van der Waals surface area contributed by atoms with Gasteiger partial charge < -0.3 is 9.01 Å². The van der Waals surface area contributed by atoms with E-state index >= 15 is 0 Å². The Balaban J connectivity index is 1.40. The number of allylic oxidation sites excluding steroid dienone is 2. The Morgan fingerprint density at radius 2 is 1.78 bits per heavy atom. The Labute approximate surface area is 224 Å². The van der Waals surface area contributed by atoms with Gasteiger partial charge in [0.25, 0.3) is 0 Å². The van der Waals surface area contributed by atoms with Crippen LogP contribution < -0.4 is 0 Å². The fraction of sp³-hybridized carbons (Fsp3) is 0.938. The maximum Gasteiger partial charge on any atom is 0.195 e. The maximum absolute atomic E-state index is 13.1. The first-order valence-electron chi connectivity index (χ1n) is 15.5. The van der Waals surface area contributed by atoms with E-state index in [4.69, 9.17) is 4.52 Å². The molecule has 4 rings (SSSR count). The molecule has 0 heterocycles. The highest BCUT2D eigenvalue weighted by molar-refractivity contribution is 7.40. The van der Waals surface area contributed by atoms with Gasteiger partial charge in [-0.3, -0.25) is 4.57 Å². The first-order chi connectivity index (χ1) is 16.8. The summed E-state index contributed by atoms with van der Waals surface area (Å²) in [6.07, 6.45) is 17.3. The van der Waals surface area contributed by atoms with Gasteiger partial charge in [0, 0.05) is 5.66 Å². The molecule has 3 saturated carbocycles. The monoisotopic (exact) mass is 520 g/mol. The van der Waals surface area contributed by atoms with E-state index in [0.29, 0.717) is 17.4 Å². The molecule has 4 aliphatic rings. The molecule has 0 radical (unpaired) electrons. The second-order valence-corrected chi connectivity index (χ2v) is 17.2.